The quantitative estimate of drug-likeness (QED) is 0.424. The summed E-state index contributed by atoms with van der Waals surface area (Å²) < 4.78 is 0.977. The number of ketones is 1. The third-order valence-corrected chi connectivity index (χ3v) is 7.35. The molecule has 0 amide bonds. The summed E-state index contributed by atoms with van der Waals surface area (Å²) in [4.78, 5) is 16.6. The van der Waals surface area contributed by atoms with Crippen LogP contribution in [0.25, 0.3) is 0 Å². The van der Waals surface area contributed by atoms with Gasteiger partial charge in [-0.15, -0.1) is 0 Å². The monoisotopic (exact) mass is 472 g/mol. The Bertz CT molecular complexity index is 1200. The number of hydrogen-bond donors (Lipinski definition) is 0. The van der Waals surface area contributed by atoms with Crippen LogP contribution in [0.3, 0.4) is 0 Å². The Kier molecular flexibility index (Phi) is 4.57. The maximum Gasteiger partial charge on any atom is 0.177 e. The second kappa shape index (κ2) is 7.16. The standard InChI is InChI=1S/C25H17BrN2OS/c26-17-10-12-18(13-11-17)28-22-14-25(24(28)30,21(15-27)16-6-2-1-3-7-16)23(29)20-9-5-4-8-19(20)22/h1-13,21-22H,14H2/t21-,22+,25+/m1/s1. The van der Waals surface area contributed by atoms with E-state index in [0.717, 1.165) is 21.3 Å². The fourth-order valence-corrected chi connectivity index (χ4v) is 5.69. The van der Waals surface area contributed by atoms with E-state index in [0.29, 0.717) is 17.0 Å². The lowest BCUT2D eigenvalue weighted by atomic mass is 9.63. The zero-order valence-electron chi connectivity index (χ0n) is 16.0. The van der Waals surface area contributed by atoms with Gasteiger partial charge < -0.3 is 4.90 Å². The number of carbonyl (C=O) groups is 1. The van der Waals surface area contributed by atoms with Gasteiger partial charge in [0.05, 0.1) is 23.0 Å². The topological polar surface area (TPSA) is 44.1 Å². The number of hydrogen-bond acceptors (Lipinski definition) is 3. The minimum Gasteiger partial charge on any atom is -0.328 e. The van der Waals surface area contributed by atoms with Crippen molar-refractivity contribution in [3.8, 4) is 6.07 Å². The molecule has 146 valence electrons. The maximum absolute atomic E-state index is 13.9. The zero-order valence-corrected chi connectivity index (χ0v) is 18.4. The van der Waals surface area contributed by atoms with E-state index >= 15 is 0 Å². The highest BCUT2D eigenvalue weighted by atomic mass is 79.9. The first-order valence-corrected chi connectivity index (χ1v) is 11.0. The van der Waals surface area contributed by atoms with Crippen LogP contribution in [0.5, 0.6) is 0 Å². The second-order valence-corrected chi connectivity index (χ2v) is 9.03. The van der Waals surface area contributed by atoms with Crippen molar-refractivity contribution in [2.45, 2.75) is 18.4 Å². The Morgan fingerprint density at radius 1 is 1.03 bits per heavy atom. The predicted molar refractivity (Wildman–Crippen MR) is 125 cm³/mol. The molecular weight excluding hydrogens is 456 g/mol. The molecule has 2 bridgehead atoms. The summed E-state index contributed by atoms with van der Waals surface area (Å²) in [5.74, 6) is -0.690. The molecule has 1 heterocycles. The van der Waals surface area contributed by atoms with E-state index in [4.69, 9.17) is 12.2 Å². The first-order chi connectivity index (χ1) is 14.6. The number of rotatable bonds is 3. The van der Waals surface area contributed by atoms with E-state index in [2.05, 4.69) is 26.9 Å². The molecule has 30 heavy (non-hydrogen) atoms. The molecule has 0 unspecified atom stereocenters. The minimum absolute atomic E-state index is 0.0469. The van der Waals surface area contributed by atoms with Crippen LogP contribution in [-0.4, -0.2) is 10.8 Å². The summed E-state index contributed by atoms with van der Waals surface area (Å²) >= 11 is 9.50. The van der Waals surface area contributed by atoms with Crippen LogP contribution in [0.2, 0.25) is 0 Å². The molecule has 3 nitrogen and oxygen atoms in total. The molecule has 5 rings (SSSR count). The largest absolute Gasteiger partial charge is 0.328 e. The smallest absolute Gasteiger partial charge is 0.177 e. The summed E-state index contributed by atoms with van der Waals surface area (Å²) in [6, 6.07) is 27.6. The Morgan fingerprint density at radius 2 is 1.70 bits per heavy atom. The first-order valence-electron chi connectivity index (χ1n) is 9.75. The summed E-state index contributed by atoms with van der Waals surface area (Å²) in [6.45, 7) is 0. The van der Waals surface area contributed by atoms with Gasteiger partial charge >= 0.3 is 0 Å². The number of nitrogens with zero attached hydrogens (tertiary/aromatic N) is 2. The van der Waals surface area contributed by atoms with Crippen LogP contribution >= 0.6 is 28.1 Å². The van der Waals surface area contributed by atoms with Crippen molar-refractivity contribution < 1.29 is 4.79 Å². The summed E-state index contributed by atoms with van der Waals surface area (Å²) in [5, 5.41) is 10.2. The first kappa shape index (κ1) is 19.2. The highest BCUT2D eigenvalue weighted by Crippen LogP contribution is 2.59. The van der Waals surface area contributed by atoms with E-state index in [9.17, 15) is 10.1 Å². The van der Waals surface area contributed by atoms with Crippen LogP contribution in [-0.2, 0) is 0 Å². The average molecular weight is 473 g/mol. The van der Waals surface area contributed by atoms with Gasteiger partial charge in [-0.3, -0.25) is 4.79 Å². The van der Waals surface area contributed by atoms with Crippen LogP contribution in [0.1, 0.15) is 39.9 Å². The third kappa shape index (κ3) is 2.61. The van der Waals surface area contributed by atoms with Gasteiger partial charge in [0.25, 0.3) is 0 Å². The Morgan fingerprint density at radius 3 is 2.40 bits per heavy atom. The number of halogens is 1. The number of fused-ring (bicyclic) bond motifs is 4. The van der Waals surface area contributed by atoms with Crippen LogP contribution in [0.4, 0.5) is 5.69 Å². The summed E-state index contributed by atoms with van der Waals surface area (Å²) in [5.41, 5.74) is 2.35. The second-order valence-electron chi connectivity index (χ2n) is 7.73. The molecular formula is C25H17BrN2OS. The number of thiocarbonyl (C=S) groups is 1. The van der Waals surface area contributed by atoms with Gasteiger partial charge in [0, 0.05) is 15.7 Å². The van der Waals surface area contributed by atoms with Gasteiger partial charge in [-0.1, -0.05) is 82.7 Å². The van der Waals surface area contributed by atoms with E-state index in [1.54, 1.807) is 0 Å². The van der Waals surface area contributed by atoms with Gasteiger partial charge in [0.2, 0.25) is 0 Å². The normalized spacial score (nSPS) is 23.1. The van der Waals surface area contributed by atoms with E-state index in [-0.39, 0.29) is 11.8 Å². The molecule has 0 aromatic heterocycles. The van der Waals surface area contributed by atoms with Gasteiger partial charge in [-0.2, -0.15) is 5.26 Å². The molecule has 3 aromatic carbocycles. The summed E-state index contributed by atoms with van der Waals surface area (Å²) in [6.07, 6.45) is 0.505. The van der Waals surface area contributed by atoms with Crippen molar-refractivity contribution in [3.63, 3.8) is 0 Å². The third-order valence-electron chi connectivity index (χ3n) is 6.26. The lowest BCUT2D eigenvalue weighted by Gasteiger charge is -2.34. The zero-order chi connectivity index (χ0) is 20.9. The predicted octanol–water partition coefficient (Wildman–Crippen LogP) is 6.22. The average Bonchev–Trinajstić information content (AvgIpc) is 3.05. The Hall–Kier alpha value is -2.81. The number of benzene rings is 3. The van der Waals surface area contributed by atoms with Crippen molar-refractivity contribution in [2.24, 2.45) is 5.41 Å². The fourth-order valence-electron chi connectivity index (χ4n) is 4.90. The molecule has 0 saturated carbocycles. The van der Waals surface area contributed by atoms with Crippen molar-refractivity contribution in [1.29, 1.82) is 5.26 Å². The molecule has 0 spiro atoms. The molecule has 0 N–H and O–H groups in total. The molecule has 3 atom stereocenters. The summed E-state index contributed by atoms with van der Waals surface area (Å²) in [7, 11) is 0. The highest BCUT2D eigenvalue weighted by molar-refractivity contribution is 9.10. The molecule has 1 fully saturated rings. The lowest BCUT2D eigenvalue weighted by Crippen LogP contribution is -2.43. The maximum atomic E-state index is 13.9. The van der Waals surface area contributed by atoms with Crippen LogP contribution in [0, 0.1) is 16.7 Å². The van der Waals surface area contributed by atoms with E-state index < -0.39 is 11.3 Å². The van der Waals surface area contributed by atoms with Crippen molar-refractivity contribution in [2.75, 3.05) is 4.90 Å². The molecule has 3 aromatic rings. The number of Topliss-reactive ketones (excluding diaryl/α,β-unsaturated/α-hetero) is 1. The number of anilines is 1. The Labute approximate surface area is 189 Å². The van der Waals surface area contributed by atoms with E-state index in [1.807, 2.05) is 78.9 Å². The van der Waals surface area contributed by atoms with Crippen LogP contribution in [0.15, 0.2) is 83.3 Å². The fraction of sp³-hybridized carbons (Fsp3) is 0.160. The van der Waals surface area contributed by atoms with Gasteiger partial charge in [0.1, 0.15) is 5.41 Å². The van der Waals surface area contributed by atoms with E-state index in [1.165, 1.54) is 0 Å². The van der Waals surface area contributed by atoms with Gasteiger partial charge in [0.15, 0.2) is 5.78 Å². The number of nitriles is 1. The lowest BCUT2D eigenvalue weighted by molar-refractivity contribution is 0.0843. The molecule has 1 aliphatic heterocycles. The van der Waals surface area contributed by atoms with Crippen molar-refractivity contribution in [3.05, 3.63) is 100 Å². The Balaban J connectivity index is 1.75. The molecule has 0 radical (unpaired) electrons. The molecule has 1 saturated heterocycles. The minimum atomic E-state index is -1.06. The van der Waals surface area contributed by atoms with Crippen LogP contribution < -0.4 is 4.90 Å². The van der Waals surface area contributed by atoms with Gasteiger partial charge in [-0.05, 0) is 41.8 Å². The molecule has 5 heteroatoms. The van der Waals surface area contributed by atoms with Crippen molar-refractivity contribution >= 4 is 44.6 Å². The molecule has 2 aliphatic rings. The molecule has 1 aliphatic carbocycles. The SMILES string of the molecule is N#C[C@H](c1ccccc1)[C@@]12C[C@@H](c3ccccc3C1=O)N(c1ccc(Br)cc1)C2=S. The van der Waals surface area contributed by atoms with Gasteiger partial charge in [-0.25, -0.2) is 0 Å². The van der Waals surface area contributed by atoms with Crippen molar-refractivity contribution in [1.82, 2.24) is 0 Å². The highest BCUT2D eigenvalue weighted by Gasteiger charge is 2.62. The number of carbonyl (C=O) groups excluding carboxylic acids is 1.